The van der Waals surface area contributed by atoms with E-state index in [1.54, 1.807) is 4.90 Å². The number of amides is 2. The summed E-state index contributed by atoms with van der Waals surface area (Å²) in [6, 6.07) is 7.27. The molecular formula is C15H20N2O2. The van der Waals surface area contributed by atoms with Crippen LogP contribution in [-0.4, -0.2) is 29.8 Å². The zero-order valence-electron chi connectivity index (χ0n) is 11.5. The number of hydrogen-bond acceptors (Lipinski definition) is 2. The van der Waals surface area contributed by atoms with Crippen LogP contribution in [0.25, 0.3) is 0 Å². The minimum atomic E-state index is -0.478. The number of rotatable bonds is 3. The van der Waals surface area contributed by atoms with Gasteiger partial charge in [-0.25, -0.2) is 0 Å². The molecule has 0 saturated carbocycles. The lowest BCUT2D eigenvalue weighted by atomic mass is 9.97. The predicted molar refractivity (Wildman–Crippen MR) is 73.6 cm³/mol. The third-order valence-electron chi connectivity index (χ3n) is 3.48. The van der Waals surface area contributed by atoms with E-state index in [1.807, 2.05) is 38.1 Å². The van der Waals surface area contributed by atoms with Crippen LogP contribution < -0.4 is 5.32 Å². The van der Waals surface area contributed by atoms with Crippen LogP contribution in [0, 0.1) is 6.92 Å². The first-order valence-electron chi connectivity index (χ1n) is 6.78. The normalized spacial score (nSPS) is 19.2. The Bertz CT molecular complexity index is 485. The summed E-state index contributed by atoms with van der Waals surface area (Å²) in [7, 11) is 0. The van der Waals surface area contributed by atoms with E-state index < -0.39 is 6.04 Å². The highest BCUT2D eigenvalue weighted by Gasteiger charge is 2.34. The van der Waals surface area contributed by atoms with Crippen LogP contribution in [0.3, 0.4) is 0 Å². The highest BCUT2D eigenvalue weighted by atomic mass is 16.2. The zero-order valence-corrected chi connectivity index (χ0v) is 11.5. The summed E-state index contributed by atoms with van der Waals surface area (Å²) in [4.78, 5) is 26.1. The summed E-state index contributed by atoms with van der Waals surface area (Å²) in [5, 5.41) is 2.85. The highest BCUT2D eigenvalue weighted by molar-refractivity contribution is 5.90. The molecule has 1 fully saturated rings. The van der Waals surface area contributed by atoms with Gasteiger partial charge in [0.15, 0.2) is 0 Å². The second kappa shape index (κ2) is 5.87. The van der Waals surface area contributed by atoms with Gasteiger partial charge in [0, 0.05) is 19.5 Å². The van der Waals surface area contributed by atoms with Crippen LogP contribution in [0.1, 0.15) is 36.9 Å². The maximum atomic E-state index is 12.2. The molecule has 0 radical (unpaired) electrons. The maximum Gasteiger partial charge on any atom is 0.247 e. The average Bonchev–Trinajstić information content (AvgIpc) is 2.40. The second-order valence-corrected chi connectivity index (χ2v) is 4.89. The fourth-order valence-electron chi connectivity index (χ4n) is 2.50. The van der Waals surface area contributed by atoms with E-state index in [0.717, 1.165) is 17.5 Å². The lowest BCUT2D eigenvalue weighted by Gasteiger charge is -2.36. The molecule has 1 aromatic carbocycles. The molecule has 4 nitrogen and oxygen atoms in total. The average molecular weight is 260 g/mol. The van der Waals surface area contributed by atoms with E-state index in [4.69, 9.17) is 0 Å². The Hall–Kier alpha value is -1.84. The number of carbonyl (C=O) groups is 2. The predicted octanol–water partition coefficient (Wildman–Crippen LogP) is 1.79. The van der Waals surface area contributed by atoms with Crippen molar-refractivity contribution in [1.82, 2.24) is 10.2 Å². The van der Waals surface area contributed by atoms with Gasteiger partial charge in [-0.15, -0.1) is 0 Å². The number of carbonyl (C=O) groups excluding carboxylic acids is 2. The van der Waals surface area contributed by atoms with Crippen molar-refractivity contribution >= 4 is 11.8 Å². The van der Waals surface area contributed by atoms with Gasteiger partial charge in [-0.05, 0) is 24.5 Å². The molecule has 102 valence electrons. The smallest absolute Gasteiger partial charge is 0.247 e. The van der Waals surface area contributed by atoms with Gasteiger partial charge >= 0.3 is 0 Å². The quantitative estimate of drug-likeness (QED) is 0.901. The van der Waals surface area contributed by atoms with Crippen molar-refractivity contribution in [2.24, 2.45) is 0 Å². The summed E-state index contributed by atoms with van der Waals surface area (Å²) >= 11 is 0. The van der Waals surface area contributed by atoms with Gasteiger partial charge in [-0.3, -0.25) is 9.59 Å². The van der Waals surface area contributed by atoms with Crippen molar-refractivity contribution in [1.29, 1.82) is 0 Å². The van der Waals surface area contributed by atoms with Gasteiger partial charge in [0.2, 0.25) is 11.8 Å². The Morgan fingerprint density at radius 1 is 1.42 bits per heavy atom. The Kier molecular flexibility index (Phi) is 4.20. The van der Waals surface area contributed by atoms with Crippen molar-refractivity contribution in [2.45, 2.75) is 32.7 Å². The molecule has 1 atom stereocenters. The Morgan fingerprint density at radius 2 is 2.16 bits per heavy atom. The lowest BCUT2D eigenvalue weighted by molar-refractivity contribution is -0.143. The Labute approximate surface area is 113 Å². The van der Waals surface area contributed by atoms with Crippen molar-refractivity contribution in [2.75, 3.05) is 13.1 Å². The molecule has 1 saturated heterocycles. The molecule has 19 heavy (non-hydrogen) atoms. The molecule has 1 unspecified atom stereocenters. The van der Waals surface area contributed by atoms with Gasteiger partial charge in [0.25, 0.3) is 0 Å². The highest BCUT2D eigenvalue weighted by Crippen LogP contribution is 2.26. The molecule has 1 aliphatic heterocycles. The van der Waals surface area contributed by atoms with E-state index in [9.17, 15) is 9.59 Å². The summed E-state index contributed by atoms with van der Waals surface area (Å²) in [6.07, 6.45) is 1.30. The van der Waals surface area contributed by atoms with Crippen LogP contribution in [-0.2, 0) is 9.59 Å². The van der Waals surface area contributed by atoms with E-state index in [2.05, 4.69) is 5.32 Å². The number of aryl methyl sites for hydroxylation is 1. The SMILES string of the molecule is CCCC(=O)N1CCNC(=O)C1c1ccccc1C. The molecule has 4 heteroatoms. The topological polar surface area (TPSA) is 49.4 Å². The summed E-state index contributed by atoms with van der Waals surface area (Å²) in [5.41, 5.74) is 1.96. The molecule has 2 amide bonds. The molecule has 0 aliphatic carbocycles. The van der Waals surface area contributed by atoms with Gasteiger partial charge in [-0.2, -0.15) is 0 Å². The van der Waals surface area contributed by atoms with E-state index in [1.165, 1.54) is 0 Å². The fraction of sp³-hybridized carbons (Fsp3) is 0.467. The van der Waals surface area contributed by atoms with Crippen molar-refractivity contribution in [3.05, 3.63) is 35.4 Å². The molecule has 0 bridgehead atoms. The van der Waals surface area contributed by atoms with E-state index >= 15 is 0 Å². The third-order valence-corrected chi connectivity index (χ3v) is 3.48. The van der Waals surface area contributed by atoms with Crippen LogP contribution in [0.5, 0.6) is 0 Å². The third kappa shape index (κ3) is 2.78. The monoisotopic (exact) mass is 260 g/mol. The maximum absolute atomic E-state index is 12.2. The Balaban J connectivity index is 2.34. The first-order chi connectivity index (χ1) is 9.15. The fourth-order valence-corrected chi connectivity index (χ4v) is 2.50. The van der Waals surface area contributed by atoms with Gasteiger partial charge < -0.3 is 10.2 Å². The molecule has 2 rings (SSSR count). The second-order valence-electron chi connectivity index (χ2n) is 4.89. The van der Waals surface area contributed by atoms with Crippen molar-refractivity contribution in [3.63, 3.8) is 0 Å². The number of piperazine rings is 1. The Morgan fingerprint density at radius 3 is 2.84 bits per heavy atom. The lowest BCUT2D eigenvalue weighted by Crippen LogP contribution is -2.52. The molecule has 0 spiro atoms. The summed E-state index contributed by atoms with van der Waals surface area (Å²) < 4.78 is 0. The molecule has 1 aromatic rings. The van der Waals surface area contributed by atoms with Crippen molar-refractivity contribution in [3.8, 4) is 0 Å². The molecule has 1 aliphatic rings. The van der Waals surface area contributed by atoms with Gasteiger partial charge in [0.1, 0.15) is 6.04 Å². The summed E-state index contributed by atoms with van der Waals surface area (Å²) in [5.74, 6) is -0.0180. The van der Waals surface area contributed by atoms with Crippen LogP contribution in [0.15, 0.2) is 24.3 Å². The van der Waals surface area contributed by atoms with E-state index in [-0.39, 0.29) is 11.8 Å². The molecular weight excluding hydrogens is 240 g/mol. The zero-order chi connectivity index (χ0) is 13.8. The van der Waals surface area contributed by atoms with Crippen LogP contribution in [0.2, 0.25) is 0 Å². The molecule has 1 heterocycles. The van der Waals surface area contributed by atoms with Crippen LogP contribution in [0.4, 0.5) is 0 Å². The minimum Gasteiger partial charge on any atom is -0.352 e. The van der Waals surface area contributed by atoms with Crippen molar-refractivity contribution < 1.29 is 9.59 Å². The largest absolute Gasteiger partial charge is 0.352 e. The number of nitrogens with zero attached hydrogens (tertiary/aromatic N) is 1. The van der Waals surface area contributed by atoms with Gasteiger partial charge in [-0.1, -0.05) is 31.2 Å². The van der Waals surface area contributed by atoms with Gasteiger partial charge in [0.05, 0.1) is 0 Å². The number of nitrogens with one attached hydrogen (secondary N) is 1. The number of hydrogen-bond donors (Lipinski definition) is 1. The molecule has 0 aromatic heterocycles. The van der Waals surface area contributed by atoms with E-state index in [0.29, 0.717) is 19.5 Å². The first kappa shape index (κ1) is 13.6. The minimum absolute atomic E-state index is 0.0607. The molecule has 1 N–H and O–H groups in total. The standard InChI is InChI=1S/C15H20N2O2/c1-3-6-13(18)17-10-9-16-15(19)14(17)12-8-5-4-7-11(12)2/h4-5,7-8,14H,3,6,9-10H2,1-2H3,(H,16,19). The van der Waals surface area contributed by atoms with Crippen LogP contribution >= 0.6 is 0 Å². The number of benzene rings is 1. The summed E-state index contributed by atoms with van der Waals surface area (Å²) in [6.45, 7) is 5.07. The first-order valence-corrected chi connectivity index (χ1v) is 6.78.